The largest absolute Gasteiger partial charge is 0.492 e. The van der Waals surface area contributed by atoms with Crippen molar-refractivity contribution in [1.82, 2.24) is 9.80 Å². The molecule has 1 aliphatic heterocycles. The summed E-state index contributed by atoms with van der Waals surface area (Å²) in [6.45, 7) is 10.2. The van der Waals surface area contributed by atoms with Gasteiger partial charge in [0.25, 0.3) is 0 Å². The summed E-state index contributed by atoms with van der Waals surface area (Å²) >= 11 is 0. The predicted molar refractivity (Wildman–Crippen MR) is 78.4 cm³/mol. The van der Waals surface area contributed by atoms with Crippen LogP contribution in [0.1, 0.15) is 12.5 Å². The zero-order valence-electron chi connectivity index (χ0n) is 11.8. The van der Waals surface area contributed by atoms with Crippen LogP contribution in [0.15, 0.2) is 24.3 Å². The molecule has 0 saturated carbocycles. The van der Waals surface area contributed by atoms with Crippen LogP contribution < -0.4 is 10.5 Å². The Hall–Kier alpha value is -1.10. The van der Waals surface area contributed by atoms with Crippen LogP contribution >= 0.6 is 0 Å². The Morgan fingerprint density at radius 2 is 1.89 bits per heavy atom. The molecule has 19 heavy (non-hydrogen) atoms. The van der Waals surface area contributed by atoms with Crippen molar-refractivity contribution in [3.8, 4) is 5.75 Å². The third-order valence-corrected chi connectivity index (χ3v) is 3.60. The Labute approximate surface area is 116 Å². The second-order valence-electron chi connectivity index (χ2n) is 4.99. The van der Waals surface area contributed by atoms with Gasteiger partial charge in [-0.25, -0.2) is 0 Å². The van der Waals surface area contributed by atoms with Crippen LogP contribution in [0.2, 0.25) is 0 Å². The Balaban J connectivity index is 1.85. The lowest BCUT2D eigenvalue weighted by atomic mass is 10.2. The number of hydrogen-bond acceptors (Lipinski definition) is 4. The summed E-state index contributed by atoms with van der Waals surface area (Å²) < 4.78 is 5.57. The number of likely N-dealkylation sites (N-methyl/N-ethyl adjacent to an activating group) is 1. The second kappa shape index (κ2) is 7.48. The van der Waals surface area contributed by atoms with Gasteiger partial charge in [0, 0.05) is 39.3 Å². The van der Waals surface area contributed by atoms with Crippen LogP contribution in [-0.4, -0.2) is 55.7 Å². The van der Waals surface area contributed by atoms with Crippen molar-refractivity contribution < 1.29 is 4.74 Å². The first kappa shape index (κ1) is 14.3. The molecule has 4 heteroatoms. The Morgan fingerprint density at radius 1 is 1.16 bits per heavy atom. The fourth-order valence-corrected chi connectivity index (χ4v) is 2.43. The van der Waals surface area contributed by atoms with E-state index >= 15 is 0 Å². The molecule has 0 atom stereocenters. The smallest absolute Gasteiger partial charge is 0.119 e. The summed E-state index contributed by atoms with van der Waals surface area (Å²) in [4.78, 5) is 5.01. The summed E-state index contributed by atoms with van der Waals surface area (Å²) in [5.41, 5.74) is 6.77. The molecule has 106 valence electrons. The molecule has 1 aromatic carbocycles. The minimum Gasteiger partial charge on any atom is -0.492 e. The lowest BCUT2D eigenvalue weighted by Gasteiger charge is -2.34. The first-order valence-electron chi connectivity index (χ1n) is 7.18. The quantitative estimate of drug-likeness (QED) is 0.836. The van der Waals surface area contributed by atoms with Gasteiger partial charge >= 0.3 is 0 Å². The number of nitrogens with zero attached hydrogens (tertiary/aromatic N) is 2. The summed E-state index contributed by atoms with van der Waals surface area (Å²) in [6, 6.07) is 8.35. The fourth-order valence-electron chi connectivity index (χ4n) is 2.43. The van der Waals surface area contributed by atoms with Gasteiger partial charge < -0.3 is 15.4 Å². The molecule has 2 rings (SSSR count). The van der Waals surface area contributed by atoms with Gasteiger partial charge in [0.1, 0.15) is 12.4 Å². The van der Waals surface area contributed by atoms with Gasteiger partial charge in [-0.2, -0.15) is 0 Å². The molecule has 2 N–H and O–H groups in total. The monoisotopic (exact) mass is 263 g/mol. The SMILES string of the molecule is CCN1CCN(Cc2cccc(OCCN)c2)CC1. The van der Waals surface area contributed by atoms with E-state index in [1.54, 1.807) is 0 Å². The highest BCUT2D eigenvalue weighted by Crippen LogP contribution is 2.15. The number of benzene rings is 1. The van der Waals surface area contributed by atoms with Crippen molar-refractivity contribution in [2.75, 3.05) is 45.9 Å². The number of rotatable bonds is 6. The average molecular weight is 263 g/mol. The van der Waals surface area contributed by atoms with Crippen LogP contribution in [0, 0.1) is 0 Å². The first-order valence-corrected chi connectivity index (χ1v) is 7.18. The molecule has 0 unspecified atom stereocenters. The Kier molecular flexibility index (Phi) is 5.63. The molecule has 1 saturated heterocycles. The summed E-state index contributed by atoms with van der Waals surface area (Å²) in [6.07, 6.45) is 0. The standard InChI is InChI=1S/C15H25N3O/c1-2-17-7-9-18(10-8-17)13-14-4-3-5-15(12-14)19-11-6-16/h3-5,12H,2,6-11,13,16H2,1H3. The summed E-state index contributed by atoms with van der Waals surface area (Å²) in [5, 5.41) is 0. The van der Waals surface area contributed by atoms with E-state index in [0.29, 0.717) is 13.2 Å². The van der Waals surface area contributed by atoms with Crippen molar-refractivity contribution in [2.45, 2.75) is 13.5 Å². The highest BCUT2D eigenvalue weighted by atomic mass is 16.5. The van der Waals surface area contributed by atoms with Crippen LogP contribution in [0.5, 0.6) is 5.75 Å². The van der Waals surface area contributed by atoms with E-state index in [-0.39, 0.29) is 0 Å². The average Bonchev–Trinajstić information content (AvgIpc) is 2.46. The Bertz CT molecular complexity index is 375. The highest BCUT2D eigenvalue weighted by molar-refractivity contribution is 5.28. The van der Waals surface area contributed by atoms with Gasteiger partial charge in [0.05, 0.1) is 0 Å². The molecule has 1 fully saturated rings. The molecule has 0 bridgehead atoms. The zero-order chi connectivity index (χ0) is 13.5. The normalized spacial score (nSPS) is 17.6. The van der Waals surface area contributed by atoms with Crippen molar-refractivity contribution in [3.63, 3.8) is 0 Å². The van der Waals surface area contributed by atoms with Gasteiger partial charge in [-0.3, -0.25) is 4.90 Å². The minimum atomic E-state index is 0.559. The molecular weight excluding hydrogens is 238 g/mol. The van der Waals surface area contributed by atoms with Crippen molar-refractivity contribution in [1.29, 1.82) is 0 Å². The summed E-state index contributed by atoms with van der Waals surface area (Å²) in [7, 11) is 0. The third-order valence-electron chi connectivity index (χ3n) is 3.60. The number of nitrogens with two attached hydrogens (primary N) is 1. The number of ether oxygens (including phenoxy) is 1. The zero-order valence-corrected chi connectivity index (χ0v) is 11.8. The second-order valence-corrected chi connectivity index (χ2v) is 4.99. The van der Waals surface area contributed by atoms with Crippen LogP contribution in [0.25, 0.3) is 0 Å². The molecule has 0 aromatic heterocycles. The maximum atomic E-state index is 5.57. The van der Waals surface area contributed by atoms with Gasteiger partial charge in [-0.05, 0) is 24.2 Å². The molecule has 0 aliphatic carbocycles. The van der Waals surface area contributed by atoms with Crippen molar-refractivity contribution >= 4 is 0 Å². The fraction of sp³-hybridized carbons (Fsp3) is 0.600. The molecular formula is C15H25N3O. The lowest BCUT2D eigenvalue weighted by Crippen LogP contribution is -2.45. The van der Waals surface area contributed by atoms with Gasteiger partial charge in [-0.1, -0.05) is 19.1 Å². The maximum Gasteiger partial charge on any atom is 0.119 e. The van der Waals surface area contributed by atoms with Crippen molar-refractivity contribution in [2.24, 2.45) is 5.73 Å². The van der Waals surface area contributed by atoms with Gasteiger partial charge in [-0.15, -0.1) is 0 Å². The van der Waals surface area contributed by atoms with Gasteiger partial charge in [0.15, 0.2) is 0 Å². The van der Waals surface area contributed by atoms with E-state index in [9.17, 15) is 0 Å². The topological polar surface area (TPSA) is 41.7 Å². The Morgan fingerprint density at radius 3 is 2.58 bits per heavy atom. The van der Waals surface area contributed by atoms with E-state index in [4.69, 9.17) is 10.5 Å². The number of piperazine rings is 1. The maximum absolute atomic E-state index is 5.57. The van der Waals surface area contributed by atoms with E-state index < -0.39 is 0 Å². The summed E-state index contributed by atoms with van der Waals surface area (Å²) in [5.74, 6) is 0.926. The van der Waals surface area contributed by atoms with Crippen molar-refractivity contribution in [3.05, 3.63) is 29.8 Å². The molecule has 0 amide bonds. The lowest BCUT2D eigenvalue weighted by molar-refractivity contribution is 0.132. The first-order chi connectivity index (χ1) is 9.31. The van der Waals surface area contributed by atoms with E-state index in [1.165, 1.54) is 18.7 Å². The molecule has 0 radical (unpaired) electrons. The molecule has 1 aliphatic rings. The van der Waals surface area contributed by atoms with E-state index in [0.717, 1.165) is 31.9 Å². The molecule has 1 heterocycles. The molecule has 1 aromatic rings. The van der Waals surface area contributed by atoms with E-state index in [2.05, 4.69) is 34.9 Å². The molecule has 0 spiro atoms. The van der Waals surface area contributed by atoms with Crippen LogP contribution in [0.4, 0.5) is 0 Å². The van der Waals surface area contributed by atoms with Gasteiger partial charge in [0.2, 0.25) is 0 Å². The minimum absolute atomic E-state index is 0.559. The predicted octanol–water partition coefficient (Wildman–Crippen LogP) is 1.16. The highest BCUT2D eigenvalue weighted by Gasteiger charge is 2.15. The molecule has 4 nitrogen and oxygen atoms in total. The number of hydrogen-bond donors (Lipinski definition) is 1. The van der Waals surface area contributed by atoms with Crippen LogP contribution in [0.3, 0.4) is 0 Å². The van der Waals surface area contributed by atoms with Crippen LogP contribution in [-0.2, 0) is 6.54 Å². The van der Waals surface area contributed by atoms with E-state index in [1.807, 2.05) is 6.07 Å². The third kappa shape index (κ3) is 4.49.